The van der Waals surface area contributed by atoms with E-state index in [1.807, 2.05) is 61.5 Å². The Hall–Kier alpha value is -2.80. The first-order chi connectivity index (χ1) is 13.2. The average molecular weight is 383 g/mol. The third-order valence-electron chi connectivity index (χ3n) is 3.97. The van der Waals surface area contributed by atoms with Crippen molar-refractivity contribution in [2.24, 2.45) is 0 Å². The fraction of sp³-hybridized carbons (Fsp3) is 0.250. The second-order valence-corrected chi connectivity index (χ2v) is 6.68. The first-order valence-electron chi connectivity index (χ1n) is 8.63. The van der Waals surface area contributed by atoms with Gasteiger partial charge in [0, 0.05) is 12.2 Å². The average Bonchev–Trinajstić information content (AvgIpc) is 3.16. The number of methoxy groups -OCH3 is 1. The fourth-order valence-corrected chi connectivity index (χ4v) is 3.25. The summed E-state index contributed by atoms with van der Waals surface area (Å²) in [6.07, 6.45) is 0.538. The minimum Gasteiger partial charge on any atom is -0.497 e. The molecule has 1 heterocycles. The molecule has 140 valence electrons. The molecule has 1 aromatic heterocycles. The van der Waals surface area contributed by atoms with Crippen LogP contribution in [0.3, 0.4) is 0 Å². The Kier molecular flexibility index (Phi) is 6.49. The predicted molar refractivity (Wildman–Crippen MR) is 105 cm³/mol. The lowest BCUT2D eigenvalue weighted by Crippen LogP contribution is -2.32. The number of aromatic nitrogens is 2. The summed E-state index contributed by atoms with van der Waals surface area (Å²) >= 11 is 1.25. The number of carbonyl (C=O) groups excluding carboxylic acids is 1. The van der Waals surface area contributed by atoms with Crippen molar-refractivity contribution in [2.75, 3.05) is 24.3 Å². The molecule has 0 aliphatic rings. The summed E-state index contributed by atoms with van der Waals surface area (Å²) in [4.78, 5) is 14.2. The molecule has 3 rings (SSSR count). The molecule has 0 bridgehead atoms. The van der Waals surface area contributed by atoms with Crippen LogP contribution in [-0.4, -0.2) is 35.5 Å². The molecular weight excluding hydrogens is 362 g/mol. The van der Waals surface area contributed by atoms with Crippen molar-refractivity contribution in [1.29, 1.82) is 0 Å². The monoisotopic (exact) mass is 383 g/mol. The maximum atomic E-state index is 12.5. The van der Waals surface area contributed by atoms with E-state index in [0.29, 0.717) is 24.1 Å². The van der Waals surface area contributed by atoms with Crippen LogP contribution in [0.15, 0.2) is 64.2 Å². The van der Waals surface area contributed by atoms with Crippen LogP contribution in [0.25, 0.3) is 0 Å². The third kappa shape index (κ3) is 5.10. The highest BCUT2D eigenvalue weighted by Crippen LogP contribution is 2.21. The number of para-hydroxylation sites is 1. The zero-order valence-electron chi connectivity index (χ0n) is 15.3. The van der Waals surface area contributed by atoms with E-state index < -0.39 is 0 Å². The summed E-state index contributed by atoms with van der Waals surface area (Å²) in [5.41, 5.74) is 1.93. The lowest BCUT2D eigenvalue weighted by Gasteiger charge is -2.20. The molecule has 27 heavy (non-hydrogen) atoms. The fourth-order valence-electron chi connectivity index (χ4n) is 2.60. The highest BCUT2D eigenvalue weighted by atomic mass is 32.2. The van der Waals surface area contributed by atoms with Crippen LogP contribution < -0.4 is 9.64 Å². The number of rotatable bonds is 8. The van der Waals surface area contributed by atoms with Crippen LogP contribution in [-0.2, 0) is 11.2 Å². The normalized spacial score (nSPS) is 10.6. The molecule has 0 fully saturated rings. The van der Waals surface area contributed by atoms with Gasteiger partial charge in [0.25, 0.3) is 5.22 Å². The number of carbonyl (C=O) groups is 1. The van der Waals surface area contributed by atoms with Gasteiger partial charge in [0.2, 0.25) is 11.8 Å². The Morgan fingerprint density at radius 2 is 1.85 bits per heavy atom. The van der Waals surface area contributed by atoms with Crippen molar-refractivity contribution in [3.05, 3.63) is 66.1 Å². The highest BCUT2D eigenvalue weighted by molar-refractivity contribution is 7.99. The third-order valence-corrected chi connectivity index (χ3v) is 4.77. The maximum Gasteiger partial charge on any atom is 0.277 e. The van der Waals surface area contributed by atoms with Gasteiger partial charge < -0.3 is 14.1 Å². The van der Waals surface area contributed by atoms with Gasteiger partial charge in [0.05, 0.1) is 19.3 Å². The summed E-state index contributed by atoms with van der Waals surface area (Å²) in [5, 5.41) is 8.49. The standard InChI is InChI=1S/C20H21N3O3S/c1-3-23(16-7-5-4-6-8-16)19(24)14-27-20-22-21-18(26-20)13-15-9-11-17(25-2)12-10-15/h4-12H,3,13-14H2,1-2H3. The number of nitrogens with zero attached hydrogens (tertiary/aromatic N) is 3. The van der Waals surface area contributed by atoms with E-state index in [1.165, 1.54) is 11.8 Å². The van der Waals surface area contributed by atoms with Crippen molar-refractivity contribution in [3.63, 3.8) is 0 Å². The second kappa shape index (κ2) is 9.23. The Balaban J connectivity index is 1.56. The lowest BCUT2D eigenvalue weighted by molar-refractivity contribution is -0.116. The number of hydrogen-bond donors (Lipinski definition) is 0. The summed E-state index contributed by atoms with van der Waals surface area (Å²) in [5.74, 6) is 1.57. The molecule has 3 aromatic rings. The van der Waals surface area contributed by atoms with Crippen molar-refractivity contribution in [1.82, 2.24) is 10.2 Å². The van der Waals surface area contributed by atoms with Gasteiger partial charge in [-0.2, -0.15) is 0 Å². The van der Waals surface area contributed by atoms with Gasteiger partial charge in [-0.3, -0.25) is 4.79 Å². The first-order valence-corrected chi connectivity index (χ1v) is 9.61. The minimum absolute atomic E-state index is 0.00334. The summed E-state index contributed by atoms with van der Waals surface area (Å²) in [6.45, 7) is 2.56. The number of amides is 1. The zero-order valence-corrected chi connectivity index (χ0v) is 16.1. The van der Waals surface area contributed by atoms with Gasteiger partial charge in [-0.05, 0) is 36.8 Å². The van der Waals surface area contributed by atoms with Gasteiger partial charge in [0.1, 0.15) is 5.75 Å². The molecule has 2 aromatic carbocycles. The Morgan fingerprint density at radius 1 is 1.11 bits per heavy atom. The summed E-state index contributed by atoms with van der Waals surface area (Å²) in [6, 6.07) is 17.3. The van der Waals surface area contributed by atoms with Crippen LogP contribution in [0.5, 0.6) is 5.75 Å². The van der Waals surface area contributed by atoms with Gasteiger partial charge in [0.15, 0.2) is 0 Å². The van der Waals surface area contributed by atoms with Crippen molar-refractivity contribution < 1.29 is 13.9 Å². The van der Waals surface area contributed by atoms with E-state index in [4.69, 9.17) is 9.15 Å². The molecular formula is C20H21N3O3S. The summed E-state index contributed by atoms with van der Waals surface area (Å²) in [7, 11) is 1.63. The summed E-state index contributed by atoms with van der Waals surface area (Å²) < 4.78 is 10.8. The lowest BCUT2D eigenvalue weighted by atomic mass is 10.1. The predicted octanol–water partition coefficient (Wildman–Crippen LogP) is 3.81. The van der Waals surface area contributed by atoms with E-state index in [-0.39, 0.29) is 11.7 Å². The molecule has 0 aliphatic carbocycles. The molecule has 0 spiro atoms. The Labute approximate surface area is 162 Å². The first kappa shape index (κ1) is 19.0. The minimum atomic E-state index is 0.00334. The number of benzene rings is 2. The smallest absolute Gasteiger partial charge is 0.277 e. The topological polar surface area (TPSA) is 68.5 Å². The molecule has 0 saturated carbocycles. The number of anilines is 1. The van der Waals surface area contributed by atoms with Crippen LogP contribution in [0.1, 0.15) is 18.4 Å². The van der Waals surface area contributed by atoms with Crippen molar-refractivity contribution >= 4 is 23.4 Å². The SMILES string of the molecule is CCN(C(=O)CSc1nnc(Cc2ccc(OC)cc2)o1)c1ccccc1. The molecule has 0 atom stereocenters. The molecule has 0 radical (unpaired) electrons. The highest BCUT2D eigenvalue weighted by Gasteiger charge is 2.16. The quantitative estimate of drug-likeness (QED) is 0.551. The van der Waals surface area contributed by atoms with Gasteiger partial charge in [-0.15, -0.1) is 10.2 Å². The van der Waals surface area contributed by atoms with Crippen LogP contribution >= 0.6 is 11.8 Å². The van der Waals surface area contributed by atoms with Crippen LogP contribution in [0.4, 0.5) is 5.69 Å². The van der Waals surface area contributed by atoms with Crippen molar-refractivity contribution in [3.8, 4) is 5.75 Å². The molecule has 0 aliphatic heterocycles. The second-order valence-electron chi connectivity index (χ2n) is 5.75. The molecule has 1 amide bonds. The Bertz CT molecular complexity index is 866. The van der Waals surface area contributed by atoms with E-state index in [9.17, 15) is 4.79 Å². The molecule has 0 saturated heterocycles. The van der Waals surface area contributed by atoms with E-state index >= 15 is 0 Å². The molecule has 7 heteroatoms. The van der Waals surface area contributed by atoms with E-state index in [0.717, 1.165) is 17.0 Å². The van der Waals surface area contributed by atoms with Gasteiger partial charge >= 0.3 is 0 Å². The Morgan fingerprint density at radius 3 is 2.52 bits per heavy atom. The van der Waals surface area contributed by atoms with E-state index in [2.05, 4.69) is 10.2 Å². The number of ether oxygens (including phenoxy) is 1. The van der Waals surface area contributed by atoms with Crippen molar-refractivity contribution in [2.45, 2.75) is 18.6 Å². The van der Waals surface area contributed by atoms with Crippen LogP contribution in [0, 0.1) is 0 Å². The van der Waals surface area contributed by atoms with Crippen LogP contribution in [0.2, 0.25) is 0 Å². The molecule has 0 unspecified atom stereocenters. The molecule has 6 nitrogen and oxygen atoms in total. The largest absolute Gasteiger partial charge is 0.497 e. The van der Waals surface area contributed by atoms with E-state index in [1.54, 1.807) is 12.0 Å². The van der Waals surface area contributed by atoms with Gasteiger partial charge in [-0.25, -0.2) is 0 Å². The van der Waals surface area contributed by atoms with Gasteiger partial charge in [-0.1, -0.05) is 42.1 Å². The zero-order chi connectivity index (χ0) is 19.1. The number of thioether (sulfide) groups is 1. The maximum absolute atomic E-state index is 12.5. The number of hydrogen-bond acceptors (Lipinski definition) is 6. The molecule has 0 N–H and O–H groups in total.